The quantitative estimate of drug-likeness (QED) is 0.712. The van der Waals surface area contributed by atoms with Gasteiger partial charge in [-0.25, -0.2) is 0 Å². The highest BCUT2D eigenvalue weighted by molar-refractivity contribution is 5.95. The van der Waals surface area contributed by atoms with Crippen LogP contribution < -0.4 is 5.32 Å². The third-order valence-corrected chi connectivity index (χ3v) is 6.65. The first-order chi connectivity index (χ1) is 14.3. The fraction of sp³-hybridized carbons (Fsp3) is 0.417. The van der Waals surface area contributed by atoms with Crippen LogP contribution in [0.25, 0.3) is 10.8 Å². The molecule has 5 rings (SSSR count). The highest BCUT2D eigenvalue weighted by Crippen LogP contribution is 2.34. The van der Waals surface area contributed by atoms with Crippen LogP contribution in [-0.4, -0.2) is 47.2 Å². The summed E-state index contributed by atoms with van der Waals surface area (Å²) in [7, 11) is 0. The smallest absolute Gasteiger partial charge is 0.257 e. The molecule has 2 fully saturated rings. The number of aromatic amines is 1. The highest BCUT2D eigenvalue weighted by atomic mass is 16.2. The van der Waals surface area contributed by atoms with Crippen molar-refractivity contribution in [1.29, 1.82) is 0 Å². The minimum absolute atomic E-state index is 0.135. The third kappa shape index (κ3) is 3.55. The Labute approximate surface area is 171 Å². The second-order valence-electron chi connectivity index (χ2n) is 8.38. The van der Waals surface area contributed by atoms with Crippen LogP contribution >= 0.6 is 0 Å². The molecule has 2 aliphatic rings. The summed E-state index contributed by atoms with van der Waals surface area (Å²) in [4.78, 5) is 15.2. The van der Waals surface area contributed by atoms with Crippen molar-refractivity contribution in [2.24, 2.45) is 0 Å². The highest BCUT2D eigenvalue weighted by Gasteiger charge is 2.29. The molecule has 3 aromatic rings. The van der Waals surface area contributed by atoms with E-state index in [4.69, 9.17) is 0 Å². The lowest BCUT2D eigenvalue weighted by Crippen LogP contribution is -2.38. The maximum absolute atomic E-state index is 13.2. The van der Waals surface area contributed by atoms with Gasteiger partial charge in [0.05, 0.1) is 17.5 Å². The summed E-state index contributed by atoms with van der Waals surface area (Å²) < 4.78 is 0. The van der Waals surface area contributed by atoms with E-state index in [1.54, 1.807) is 6.20 Å². The van der Waals surface area contributed by atoms with E-state index in [0.717, 1.165) is 63.1 Å². The number of hydrogen-bond donors (Lipinski definition) is 2. The molecule has 2 aromatic carbocycles. The molecular formula is C24H28N4O. The van der Waals surface area contributed by atoms with Gasteiger partial charge in [0.1, 0.15) is 0 Å². The molecule has 0 radical (unpaired) electrons. The van der Waals surface area contributed by atoms with Gasteiger partial charge in [0, 0.05) is 25.6 Å². The number of amides is 1. The van der Waals surface area contributed by atoms with E-state index < -0.39 is 0 Å². The van der Waals surface area contributed by atoms with Crippen molar-refractivity contribution in [3.05, 3.63) is 65.5 Å². The number of H-pyrrole nitrogens is 1. The molecule has 0 spiro atoms. The van der Waals surface area contributed by atoms with Gasteiger partial charge in [-0.3, -0.25) is 9.89 Å². The van der Waals surface area contributed by atoms with Crippen LogP contribution in [0.3, 0.4) is 0 Å². The Morgan fingerprint density at radius 1 is 1.00 bits per heavy atom. The van der Waals surface area contributed by atoms with Crippen molar-refractivity contribution in [2.45, 2.75) is 37.5 Å². The van der Waals surface area contributed by atoms with Crippen LogP contribution in [0.5, 0.6) is 0 Å². The zero-order chi connectivity index (χ0) is 19.6. The molecule has 2 saturated heterocycles. The van der Waals surface area contributed by atoms with Gasteiger partial charge in [-0.2, -0.15) is 5.10 Å². The SMILES string of the molecule is O=C(c1cn[nH]c1C1CCCNC1)N1CCC(c2cccc3ccccc23)CC1. The van der Waals surface area contributed by atoms with Gasteiger partial charge in [0.15, 0.2) is 0 Å². The normalized spacial score (nSPS) is 20.8. The molecule has 0 aliphatic carbocycles. The number of carbonyl (C=O) groups excluding carboxylic acids is 1. The molecule has 150 valence electrons. The summed E-state index contributed by atoms with van der Waals surface area (Å²) in [5, 5.41) is 13.4. The minimum atomic E-state index is 0.135. The third-order valence-electron chi connectivity index (χ3n) is 6.65. The van der Waals surface area contributed by atoms with E-state index in [1.807, 2.05) is 4.90 Å². The van der Waals surface area contributed by atoms with E-state index in [9.17, 15) is 4.79 Å². The van der Waals surface area contributed by atoms with Gasteiger partial charge in [0.25, 0.3) is 5.91 Å². The average molecular weight is 389 g/mol. The molecule has 2 N–H and O–H groups in total. The van der Waals surface area contributed by atoms with Crippen LogP contribution in [0.1, 0.15) is 59.1 Å². The molecule has 5 heteroatoms. The molecule has 1 aromatic heterocycles. The molecule has 2 aliphatic heterocycles. The summed E-state index contributed by atoms with van der Waals surface area (Å²) in [5.41, 5.74) is 3.20. The number of carbonyl (C=O) groups is 1. The summed E-state index contributed by atoms with van der Waals surface area (Å²) in [6.07, 6.45) is 6.01. The first-order valence-electron chi connectivity index (χ1n) is 10.8. The van der Waals surface area contributed by atoms with Crippen LogP contribution in [0.4, 0.5) is 0 Å². The number of benzene rings is 2. The number of nitrogens with one attached hydrogen (secondary N) is 2. The molecule has 1 unspecified atom stereocenters. The minimum Gasteiger partial charge on any atom is -0.338 e. The predicted molar refractivity (Wildman–Crippen MR) is 115 cm³/mol. The maximum atomic E-state index is 13.2. The van der Waals surface area contributed by atoms with Crippen molar-refractivity contribution < 1.29 is 4.79 Å². The molecule has 0 saturated carbocycles. The second-order valence-corrected chi connectivity index (χ2v) is 8.38. The summed E-state index contributed by atoms with van der Waals surface area (Å²) >= 11 is 0. The van der Waals surface area contributed by atoms with E-state index in [0.29, 0.717) is 11.8 Å². The Hall–Kier alpha value is -2.66. The molecule has 1 atom stereocenters. The van der Waals surface area contributed by atoms with Crippen molar-refractivity contribution in [2.75, 3.05) is 26.2 Å². The van der Waals surface area contributed by atoms with Crippen molar-refractivity contribution in [3.8, 4) is 0 Å². The van der Waals surface area contributed by atoms with Gasteiger partial charge in [-0.15, -0.1) is 0 Å². The first-order valence-corrected chi connectivity index (χ1v) is 10.8. The number of likely N-dealkylation sites (tertiary alicyclic amines) is 1. The Bertz CT molecular complexity index is 992. The number of aromatic nitrogens is 2. The first kappa shape index (κ1) is 18.4. The standard InChI is InChI=1S/C24H28N4O/c29-24(22-16-26-27-23(22)19-7-4-12-25-15-19)28-13-10-18(11-14-28)21-9-3-6-17-5-1-2-8-20(17)21/h1-3,5-6,8-9,16,18-19,25H,4,7,10-15H2,(H,26,27). The molecule has 29 heavy (non-hydrogen) atoms. The zero-order valence-corrected chi connectivity index (χ0v) is 16.7. The van der Waals surface area contributed by atoms with Crippen LogP contribution in [-0.2, 0) is 0 Å². The van der Waals surface area contributed by atoms with Crippen molar-refractivity contribution in [3.63, 3.8) is 0 Å². The molecule has 1 amide bonds. The molecule has 0 bridgehead atoms. The number of nitrogens with zero attached hydrogens (tertiary/aromatic N) is 2. The van der Waals surface area contributed by atoms with Gasteiger partial charge in [0.2, 0.25) is 0 Å². The predicted octanol–water partition coefficient (Wildman–Crippen LogP) is 4.05. The lowest BCUT2D eigenvalue weighted by Gasteiger charge is -2.33. The topological polar surface area (TPSA) is 61.0 Å². The Kier molecular flexibility index (Phi) is 5.06. The number of hydrogen-bond acceptors (Lipinski definition) is 3. The Morgan fingerprint density at radius 3 is 2.66 bits per heavy atom. The van der Waals surface area contributed by atoms with Crippen LogP contribution in [0, 0.1) is 0 Å². The van der Waals surface area contributed by atoms with E-state index in [1.165, 1.54) is 16.3 Å². The second kappa shape index (κ2) is 7.99. The number of piperidine rings is 2. The fourth-order valence-corrected chi connectivity index (χ4v) is 5.05. The van der Waals surface area contributed by atoms with Gasteiger partial charge in [-0.1, -0.05) is 42.5 Å². The lowest BCUT2D eigenvalue weighted by atomic mass is 9.86. The van der Waals surface area contributed by atoms with Gasteiger partial charge >= 0.3 is 0 Å². The average Bonchev–Trinajstić information content (AvgIpc) is 3.29. The number of fused-ring (bicyclic) bond motifs is 1. The molecule has 3 heterocycles. The lowest BCUT2D eigenvalue weighted by molar-refractivity contribution is 0.0711. The molecular weight excluding hydrogens is 360 g/mol. The van der Waals surface area contributed by atoms with Crippen LogP contribution in [0.2, 0.25) is 0 Å². The Balaban J connectivity index is 1.30. The largest absolute Gasteiger partial charge is 0.338 e. The number of rotatable bonds is 3. The van der Waals surface area contributed by atoms with Crippen LogP contribution in [0.15, 0.2) is 48.7 Å². The maximum Gasteiger partial charge on any atom is 0.257 e. The van der Waals surface area contributed by atoms with Crippen molar-refractivity contribution in [1.82, 2.24) is 20.4 Å². The summed E-state index contributed by atoms with van der Waals surface area (Å²) in [6, 6.07) is 15.2. The van der Waals surface area contributed by atoms with E-state index >= 15 is 0 Å². The summed E-state index contributed by atoms with van der Waals surface area (Å²) in [5.74, 6) is 1.01. The van der Waals surface area contributed by atoms with E-state index in [-0.39, 0.29) is 5.91 Å². The van der Waals surface area contributed by atoms with Gasteiger partial charge in [-0.05, 0) is 54.5 Å². The fourth-order valence-electron chi connectivity index (χ4n) is 5.05. The van der Waals surface area contributed by atoms with Gasteiger partial charge < -0.3 is 10.2 Å². The summed E-state index contributed by atoms with van der Waals surface area (Å²) in [6.45, 7) is 3.60. The zero-order valence-electron chi connectivity index (χ0n) is 16.7. The van der Waals surface area contributed by atoms with E-state index in [2.05, 4.69) is 58.0 Å². The molecule has 5 nitrogen and oxygen atoms in total. The Morgan fingerprint density at radius 2 is 1.83 bits per heavy atom. The monoisotopic (exact) mass is 388 g/mol. The van der Waals surface area contributed by atoms with Crippen molar-refractivity contribution >= 4 is 16.7 Å².